The molecule has 0 unspecified atom stereocenters. The van der Waals surface area contributed by atoms with Crippen molar-refractivity contribution in [1.29, 1.82) is 0 Å². The van der Waals surface area contributed by atoms with Crippen LogP contribution in [0.4, 0.5) is 0 Å². The van der Waals surface area contributed by atoms with Crippen LogP contribution < -0.4 is 10.6 Å². The summed E-state index contributed by atoms with van der Waals surface area (Å²) in [7, 11) is 0. The Kier molecular flexibility index (Phi) is 3.19. The SMILES string of the molecule is O=C(NCCc1ncno1)c1cn(C2CNC2)nn1. The maximum atomic E-state index is 11.8. The van der Waals surface area contributed by atoms with E-state index < -0.39 is 0 Å². The second-order valence-electron chi connectivity index (χ2n) is 4.24. The molecule has 2 N–H and O–H groups in total. The first-order chi connectivity index (χ1) is 9.33. The maximum Gasteiger partial charge on any atom is 0.273 e. The number of carbonyl (C=O) groups excluding carboxylic acids is 1. The van der Waals surface area contributed by atoms with Crippen LogP contribution in [0.1, 0.15) is 22.4 Å². The van der Waals surface area contributed by atoms with Crippen LogP contribution in [-0.4, -0.2) is 50.7 Å². The molecule has 1 fully saturated rings. The van der Waals surface area contributed by atoms with Gasteiger partial charge < -0.3 is 15.2 Å². The predicted molar refractivity (Wildman–Crippen MR) is 62.3 cm³/mol. The molecule has 1 aliphatic heterocycles. The molecular weight excluding hydrogens is 250 g/mol. The molecule has 1 amide bonds. The van der Waals surface area contributed by atoms with Gasteiger partial charge in [-0.15, -0.1) is 5.10 Å². The van der Waals surface area contributed by atoms with Crippen molar-refractivity contribution in [2.75, 3.05) is 19.6 Å². The molecule has 2 aromatic heterocycles. The minimum absolute atomic E-state index is 0.252. The number of nitrogens with zero attached hydrogens (tertiary/aromatic N) is 5. The van der Waals surface area contributed by atoms with Gasteiger partial charge in [0.1, 0.15) is 0 Å². The highest BCUT2D eigenvalue weighted by atomic mass is 16.5. The molecule has 0 aromatic carbocycles. The van der Waals surface area contributed by atoms with Gasteiger partial charge in [-0.05, 0) is 0 Å². The van der Waals surface area contributed by atoms with E-state index in [9.17, 15) is 4.79 Å². The summed E-state index contributed by atoms with van der Waals surface area (Å²) < 4.78 is 6.54. The topological polar surface area (TPSA) is 111 Å². The number of rotatable bonds is 5. The van der Waals surface area contributed by atoms with Crippen LogP contribution in [0.25, 0.3) is 0 Å². The molecule has 1 saturated heterocycles. The molecule has 0 saturated carbocycles. The Morgan fingerprint density at radius 3 is 3.16 bits per heavy atom. The van der Waals surface area contributed by atoms with Crippen LogP contribution in [0, 0.1) is 0 Å². The Bertz CT molecular complexity index is 546. The summed E-state index contributed by atoms with van der Waals surface area (Å²) in [5, 5.41) is 17.1. The van der Waals surface area contributed by atoms with E-state index in [-0.39, 0.29) is 5.91 Å². The minimum Gasteiger partial charge on any atom is -0.350 e. The van der Waals surface area contributed by atoms with Crippen LogP contribution in [0.3, 0.4) is 0 Å². The van der Waals surface area contributed by atoms with Gasteiger partial charge in [0.25, 0.3) is 5.91 Å². The normalized spacial score (nSPS) is 15.2. The molecule has 0 spiro atoms. The Morgan fingerprint density at radius 1 is 1.58 bits per heavy atom. The van der Waals surface area contributed by atoms with Gasteiger partial charge in [0, 0.05) is 26.1 Å². The Hall–Kier alpha value is -2.29. The van der Waals surface area contributed by atoms with E-state index in [0.29, 0.717) is 30.6 Å². The molecule has 3 heterocycles. The zero-order valence-electron chi connectivity index (χ0n) is 10.1. The fraction of sp³-hybridized carbons (Fsp3) is 0.500. The first-order valence-electron chi connectivity index (χ1n) is 5.99. The molecule has 19 heavy (non-hydrogen) atoms. The predicted octanol–water partition coefficient (Wildman–Crippen LogP) is -1.22. The number of hydrogen-bond donors (Lipinski definition) is 2. The van der Waals surface area contributed by atoms with Crippen molar-refractivity contribution in [3.63, 3.8) is 0 Å². The third-order valence-corrected chi connectivity index (χ3v) is 2.91. The van der Waals surface area contributed by atoms with Gasteiger partial charge in [0.2, 0.25) is 5.89 Å². The van der Waals surface area contributed by atoms with Crippen LogP contribution in [0.2, 0.25) is 0 Å². The molecule has 0 bridgehead atoms. The van der Waals surface area contributed by atoms with E-state index in [1.807, 2.05) is 0 Å². The van der Waals surface area contributed by atoms with Crippen LogP contribution >= 0.6 is 0 Å². The van der Waals surface area contributed by atoms with Crippen LogP contribution in [-0.2, 0) is 6.42 Å². The van der Waals surface area contributed by atoms with Gasteiger partial charge >= 0.3 is 0 Å². The van der Waals surface area contributed by atoms with Crippen molar-refractivity contribution >= 4 is 5.91 Å². The lowest BCUT2D eigenvalue weighted by molar-refractivity contribution is 0.0948. The molecule has 9 nitrogen and oxygen atoms in total. The highest BCUT2D eigenvalue weighted by Crippen LogP contribution is 2.09. The monoisotopic (exact) mass is 263 g/mol. The lowest BCUT2D eigenvalue weighted by Crippen LogP contribution is -2.43. The van der Waals surface area contributed by atoms with Crippen LogP contribution in [0.5, 0.6) is 0 Å². The van der Waals surface area contributed by atoms with Crippen molar-refractivity contribution < 1.29 is 9.32 Å². The van der Waals surface area contributed by atoms with Gasteiger partial charge in [0.05, 0.1) is 12.2 Å². The third kappa shape index (κ3) is 2.60. The number of aromatic nitrogens is 5. The summed E-state index contributed by atoms with van der Waals surface area (Å²) in [5.74, 6) is 0.238. The second kappa shape index (κ2) is 5.14. The minimum atomic E-state index is -0.252. The molecule has 0 radical (unpaired) electrons. The highest BCUT2D eigenvalue weighted by Gasteiger charge is 2.21. The summed E-state index contributed by atoms with van der Waals surface area (Å²) >= 11 is 0. The third-order valence-electron chi connectivity index (χ3n) is 2.91. The summed E-state index contributed by atoms with van der Waals surface area (Å²) in [6.07, 6.45) is 3.48. The summed E-state index contributed by atoms with van der Waals surface area (Å²) in [4.78, 5) is 15.7. The van der Waals surface area contributed by atoms with Crippen LogP contribution in [0.15, 0.2) is 17.0 Å². The molecule has 3 rings (SSSR count). The van der Waals surface area contributed by atoms with Gasteiger partial charge in [-0.25, -0.2) is 4.68 Å². The average molecular weight is 263 g/mol. The number of carbonyl (C=O) groups is 1. The molecule has 9 heteroatoms. The summed E-state index contributed by atoms with van der Waals surface area (Å²) in [6, 6.07) is 0.299. The quantitative estimate of drug-likeness (QED) is 0.695. The highest BCUT2D eigenvalue weighted by molar-refractivity contribution is 5.91. The Labute approximate surface area is 108 Å². The average Bonchev–Trinajstić information content (AvgIpc) is 2.97. The maximum absolute atomic E-state index is 11.8. The zero-order chi connectivity index (χ0) is 13.1. The van der Waals surface area contributed by atoms with Gasteiger partial charge in [-0.3, -0.25) is 4.79 Å². The van der Waals surface area contributed by atoms with E-state index in [1.165, 1.54) is 6.33 Å². The van der Waals surface area contributed by atoms with E-state index in [4.69, 9.17) is 4.52 Å². The summed E-state index contributed by atoms with van der Waals surface area (Å²) in [5.41, 5.74) is 0.317. The Morgan fingerprint density at radius 2 is 2.47 bits per heavy atom. The van der Waals surface area contributed by atoms with E-state index in [0.717, 1.165) is 13.1 Å². The molecule has 1 aliphatic rings. The molecule has 0 aliphatic carbocycles. The lowest BCUT2D eigenvalue weighted by atomic mass is 10.2. The van der Waals surface area contributed by atoms with E-state index in [2.05, 4.69) is 31.1 Å². The van der Waals surface area contributed by atoms with Gasteiger partial charge in [-0.2, -0.15) is 4.98 Å². The number of nitrogens with one attached hydrogen (secondary N) is 2. The van der Waals surface area contributed by atoms with E-state index >= 15 is 0 Å². The zero-order valence-corrected chi connectivity index (χ0v) is 10.1. The second-order valence-corrected chi connectivity index (χ2v) is 4.24. The van der Waals surface area contributed by atoms with Crippen molar-refractivity contribution in [1.82, 2.24) is 35.8 Å². The van der Waals surface area contributed by atoms with E-state index in [1.54, 1.807) is 10.9 Å². The largest absolute Gasteiger partial charge is 0.350 e. The molecular formula is C10H13N7O2. The fourth-order valence-corrected chi connectivity index (χ4v) is 1.70. The number of hydrogen-bond acceptors (Lipinski definition) is 7. The molecule has 100 valence electrons. The fourth-order valence-electron chi connectivity index (χ4n) is 1.70. The standard InChI is InChI=1S/C10H13N7O2/c18-10(12-2-1-9-13-6-14-19-9)8-5-17(16-15-8)7-3-11-4-7/h5-7,11H,1-4H2,(H,12,18). The van der Waals surface area contributed by atoms with Crippen molar-refractivity contribution in [2.24, 2.45) is 0 Å². The van der Waals surface area contributed by atoms with Crippen molar-refractivity contribution in [3.8, 4) is 0 Å². The molecule has 0 atom stereocenters. The first kappa shape index (κ1) is 11.8. The molecule has 2 aromatic rings. The number of amides is 1. The Balaban J connectivity index is 1.50. The smallest absolute Gasteiger partial charge is 0.273 e. The summed E-state index contributed by atoms with van der Waals surface area (Å²) in [6.45, 7) is 2.14. The lowest BCUT2D eigenvalue weighted by Gasteiger charge is -2.26. The van der Waals surface area contributed by atoms with Crippen molar-refractivity contribution in [3.05, 3.63) is 24.1 Å². The van der Waals surface area contributed by atoms with Crippen molar-refractivity contribution in [2.45, 2.75) is 12.5 Å². The van der Waals surface area contributed by atoms with Gasteiger partial charge in [-0.1, -0.05) is 10.4 Å². The first-order valence-corrected chi connectivity index (χ1v) is 5.99. The van der Waals surface area contributed by atoms with Gasteiger partial charge in [0.15, 0.2) is 12.0 Å².